The lowest BCUT2D eigenvalue weighted by Gasteiger charge is -2.15. The van der Waals surface area contributed by atoms with Crippen LogP contribution in [0.1, 0.15) is 18.9 Å². The molecule has 17 heavy (non-hydrogen) atoms. The number of rotatable bonds is 8. The van der Waals surface area contributed by atoms with E-state index in [1.165, 1.54) is 16.5 Å². The van der Waals surface area contributed by atoms with E-state index in [1.54, 1.807) is 0 Å². The highest BCUT2D eigenvalue weighted by Crippen LogP contribution is 2.15. The largest absolute Gasteiger partial charge is 0.319 e. The van der Waals surface area contributed by atoms with E-state index < -0.39 is 0 Å². The molecule has 0 amide bonds. The molecular formula is C14H23BrN2. The first-order chi connectivity index (χ1) is 8.27. The zero-order valence-electron chi connectivity index (χ0n) is 10.8. The van der Waals surface area contributed by atoms with Gasteiger partial charge in [0.2, 0.25) is 0 Å². The Morgan fingerprint density at radius 2 is 2.00 bits per heavy atom. The number of halogens is 1. The van der Waals surface area contributed by atoms with E-state index >= 15 is 0 Å². The van der Waals surface area contributed by atoms with Gasteiger partial charge in [-0.15, -0.1) is 0 Å². The van der Waals surface area contributed by atoms with Gasteiger partial charge in [-0.3, -0.25) is 0 Å². The number of benzene rings is 1. The molecule has 0 aliphatic carbocycles. The second kappa shape index (κ2) is 8.67. The van der Waals surface area contributed by atoms with Gasteiger partial charge in [0.15, 0.2) is 0 Å². The topological polar surface area (TPSA) is 24.1 Å². The maximum absolute atomic E-state index is 3.58. The first-order valence-electron chi connectivity index (χ1n) is 6.36. The molecule has 2 nitrogen and oxygen atoms in total. The Bertz CT molecular complexity index is 315. The summed E-state index contributed by atoms with van der Waals surface area (Å²) in [5, 5.41) is 6.78. The predicted octanol–water partition coefficient (Wildman–Crippen LogP) is 2.83. The van der Waals surface area contributed by atoms with E-state index in [4.69, 9.17) is 0 Å². The molecule has 96 valence electrons. The molecule has 0 aliphatic heterocycles. The summed E-state index contributed by atoms with van der Waals surface area (Å²) in [6.07, 6.45) is 2.31. The summed E-state index contributed by atoms with van der Waals surface area (Å²) < 4.78 is 1.21. The molecule has 0 aromatic heterocycles. The Hall–Kier alpha value is -0.380. The highest BCUT2D eigenvalue weighted by atomic mass is 79.9. The predicted molar refractivity (Wildman–Crippen MR) is 78.4 cm³/mol. The van der Waals surface area contributed by atoms with Crippen LogP contribution in [0.2, 0.25) is 0 Å². The Labute approximate surface area is 113 Å². The Morgan fingerprint density at radius 1 is 1.24 bits per heavy atom. The molecule has 0 spiro atoms. The summed E-state index contributed by atoms with van der Waals surface area (Å²) in [4.78, 5) is 0. The van der Waals surface area contributed by atoms with Gasteiger partial charge in [-0.25, -0.2) is 0 Å². The molecule has 1 aromatic rings. The molecule has 0 saturated heterocycles. The fraction of sp³-hybridized carbons (Fsp3) is 0.571. The van der Waals surface area contributed by atoms with Gasteiger partial charge < -0.3 is 10.6 Å². The molecule has 1 rings (SSSR count). The van der Waals surface area contributed by atoms with Gasteiger partial charge in [-0.1, -0.05) is 47.5 Å². The molecular weight excluding hydrogens is 276 g/mol. The van der Waals surface area contributed by atoms with Crippen LogP contribution in [-0.2, 0) is 6.42 Å². The lowest BCUT2D eigenvalue weighted by molar-refractivity contribution is 0.447. The van der Waals surface area contributed by atoms with Gasteiger partial charge in [0.05, 0.1) is 0 Å². The van der Waals surface area contributed by atoms with Crippen molar-refractivity contribution >= 4 is 15.9 Å². The summed E-state index contributed by atoms with van der Waals surface area (Å²) >= 11 is 3.58. The average Bonchev–Trinajstić information content (AvgIpc) is 2.35. The minimum Gasteiger partial charge on any atom is -0.319 e. The van der Waals surface area contributed by atoms with Crippen molar-refractivity contribution in [1.82, 2.24) is 10.6 Å². The maximum atomic E-state index is 3.58. The molecule has 2 N–H and O–H groups in total. The monoisotopic (exact) mass is 298 g/mol. The first kappa shape index (κ1) is 14.7. The second-order valence-corrected chi connectivity index (χ2v) is 5.23. The number of hydrogen-bond acceptors (Lipinski definition) is 2. The van der Waals surface area contributed by atoms with Crippen molar-refractivity contribution in [2.24, 2.45) is 5.92 Å². The van der Waals surface area contributed by atoms with E-state index in [2.05, 4.69) is 57.8 Å². The van der Waals surface area contributed by atoms with Crippen LogP contribution in [0.3, 0.4) is 0 Å². The van der Waals surface area contributed by atoms with Crippen molar-refractivity contribution in [3.63, 3.8) is 0 Å². The minimum atomic E-state index is 0.735. The minimum absolute atomic E-state index is 0.735. The third-order valence-corrected chi connectivity index (χ3v) is 3.81. The van der Waals surface area contributed by atoms with Crippen LogP contribution in [-0.4, -0.2) is 26.7 Å². The van der Waals surface area contributed by atoms with Crippen LogP contribution >= 0.6 is 15.9 Å². The summed E-state index contributed by atoms with van der Waals surface area (Å²) in [5.74, 6) is 0.735. The highest BCUT2D eigenvalue weighted by Gasteiger charge is 2.04. The molecule has 0 heterocycles. The van der Waals surface area contributed by atoms with Crippen molar-refractivity contribution in [2.45, 2.75) is 19.8 Å². The molecule has 1 atom stereocenters. The number of nitrogens with one attached hydrogen (secondary N) is 2. The molecule has 3 heteroatoms. The van der Waals surface area contributed by atoms with Crippen LogP contribution in [0.25, 0.3) is 0 Å². The van der Waals surface area contributed by atoms with Crippen molar-refractivity contribution in [3.05, 3.63) is 34.3 Å². The fourth-order valence-electron chi connectivity index (χ4n) is 1.88. The van der Waals surface area contributed by atoms with Crippen molar-refractivity contribution in [2.75, 3.05) is 26.7 Å². The summed E-state index contributed by atoms with van der Waals surface area (Å²) in [7, 11) is 2.02. The molecule has 0 fully saturated rings. The molecule has 1 aromatic carbocycles. The van der Waals surface area contributed by atoms with Gasteiger partial charge in [0.1, 0.15) is 0 Å². The lowest BCUT2D eigenvalue weighted by atomic mass is 10.1. The molecule has 0 aliphatic rings. The fourth-order valence-corrected chi connectivity index (χ4v) is 2.36. The zero-order valence-corrected chi connectivity index (χ0v) is 12.4. The SMILES string of the molecule is CCC(CNC)CNCCc1ccccc1Br. The third-order valence-electron chi connectivity index (χ3n) is 3.03. The Morgan fingerprint density at radius 3 is 2.65 bits per heavy atom. The maximum Gasteiger partial charge on any atom is 0.0207 e. The van der Waals surface area contributed by atoms with Gasteiger partial charge in [0, 0.05) is 4.47 Å². The molecule has 0 bridgehead atoms. The van der Waals surface area contributed by atoms with Crippen LogP contribution in [0, 0.1) is 5.92 Å². The van der Waals surface area contributed by atoms with Crippen LogP contribution in [0.15, 0.2) is 28.7 Å². The van der Waals surface area contributed by atoms with Crippen molar-refractivity contribution in [1.29, 1.82) is 0 Å². The van der Waals surface area contributed by atoms with Crippen LogP contribution in [0.4, 0.5) is 0 Å². The van der Waals surface area contributed by atoms with E-state index in [-0.39, 0.29) is 0 Å². The van der Waals surface area contributed by atoms with Crippen LogP contribution < -0.4 is 10.6 Å². The van der Waals surface area contributed by atoms with E-state index in [1.807, 2.05) is 7.05 Å². The Kier molecular flexibility index (Phi) is 7.49. The average molecular weight is 299 g/mol. The quantitative estimate of drug-likeness (QED) is 0.721. The molecule has 0 saturated carbocycles. The van der Waals surface area contributed by atoms with Crippen molar-refractivity contribution in [3.8, 4) is 0 Å². The van der Waals surface area contributed by atoms with E-state index in [0.717, 1.165) is 32.0 Å². The third kappa shape index (κ3) is 5.66. The van der Waals surface area contributed by atoms with E-state index in [9.17, 15) is 0 Å². The zero-order chi connectivity index (χ0) is 12.5. The highest BCUT2D eigenvalue weighted by molar-refractivity contribution is 9.10. The Balaban J connectivity index is 2.22. The van der Waals surface area contributed by atoms with Gasteiger partial charge in [-0.2, -0.15) is 0 Å². The van der Waals surface area contributed by atoms with Crippen molar-refractivity contribution < 1.29 is 0 Å². The lowest BCUT2D eigenvalue weighted by Crippen LogP contribution is -2.30. The first-order valence-corrected chi connectivity index (χ1v) is 7.16. The van der Waals surface area contributed by atoms with Gasteiger partial charge in [-0.05, 0) is 50.7 Å². The smallest absolute Gasteiger partial charge is 0.0207 e. The van der Waals surface area contributed by atoms with Gasteiger partial charge >= 0.3 is 0 Å². The molecule has 0 radical (unpaired) electrons. The molecule has 1 unspecified atom stereocenters. The summed E-state index contributed by atoms with van der Waals surface area (Å²) in [6, 6.07) is 8.43. The standard InChI is InChI=1S/C14H23BrN2/c1-3-12(10-16-2)11-17-9-8-13-6-4-5-7-14(13)15/h4-7,12,16-17H,3,8-11H2,1-2H3. The van der Waals surface area contributed by atoms with E-state index in [0.29, 0.717) is 0 Å². The summed E-state index contributed by atoms with van der Waals surface area (Å²) in [5.41, 5.74) is 1.38. The van der Waals surface area contributed by atoms with Gasteiger partial charge in [0.25, 0.3) is 0 Å². The van der Waals surface area contributed by atoms with Crippen LogP contribution in [0.5, 0.6) is 0 Å². The normalized spacial score (nSPS) is 12.6. The second-order valence-electron chi connectivity index (χ2n) is 4.38. The summed E-state index contributed by atoms with van der Waals surface area (Å²) in [6.45, 7) is 5.49. The number of hydrogen-bond donors (Lipinski definition) is 2.